The SMILES string of the molecule is C#CC(O)(Cc1ccc(C)o1)c1ccccc1. The maximum absolute atomic E-state index is 10.5. The predicted octanol–water partition coefficient (Wildman–Crippen LogP) is 2.65. The summed E-state index contributed by atoms with van der Waals surface area (Å²) in [5, 5.41) is 10.5. The molecule has 0 aliphatic heterocycles. The van der Waals surface area contributed by atoms with Gasteiger partial charge in [0, 0.05) is 0 Å². The van der Waals surface area contributed by atoms with Crippen molar-refractivity contribution >= 4 is 0 Å². The lowest BCUT2D eigenvalue weighted by Gasteiger charge is -2.21. The van der Waals surface area contributed by atoms with Crippen molar-refractivity contribution < 1.29 is 9.52 Å². The van der Waals surface area contributed by atoms with Gasteiger partial charge in [0.15, 0.2) is 5.60 Å². The zero-order valence-electron chi connectivity index (χ0n) is 9.68. The lowest BCUT2D eigenvalue weighted by Crippen LogP contribution is -2.26. The second-order valence-electron chi connectivity index (χ2n) is 4.06. The normalized spacial score (nSPS) is 13.9. The molecule has 2 nitrogen and oxygen atoms in total. The summed E-state index contributed by atoms with van der Waals surface area (Å²) in [6, 6.07) is 12.9. The first-order valence-electron chi connectivity index (χ1n) is 5.45. The Labute approximate surface area is 101 Å². The summed E-state index contributed by atoms with van der Waals surface area (Å²) < 4.78 is 5.45. The summed E-state index contributed by atoms with van der Waals surface area (Å²) in [6.07, 6.45) is 5.73. The highest BCUT2D eigenvalue weighted by atomic mass is 16.3. The average molecular weight is 226 g/mol. The molecule has 2 aromatic rings. The van der Waals surface area contributed by atoms with E-state index in [1.54, 1.807) is 0 Å². The smallest absolute Gasteiger partial charge is 0.157 e. The van der Waals surface area contributed by atoms with E-state index in [0.29, 0.717) is 11.3 Å². The quantitative estimate of drug-likeness (QED) is 0.816. The van der Waals surface area contributed by atoms with Crippen molar-refractivity contribution in [2.75, 3.05) is 0 Å². The minimum Gasteiger partial charge on any atom is -0.466 e. The number of rotatable bonds is 3. The first-order valence-corrected chi connectivity index (χ1v) is 5.45. The summed E-state index contributed by atoms with van der Waals surface area (Å²) in [4.78, 5) is 0. The molecule has 0 saturated carbocycles. The van der Waals surface area contributed by atoms with E-state index >= 15 is 0 Å². The van der Waals surface area contributed by atoms with Gasteiger partial charge in [-0.25, -0.2) is 0 Å². The summed E-state index contributed by atoms with van der Waals surface area (Å²) in [5.74, 6) is 3.95. The predicted molar refractivity (Wildman–Crippen MR) is 66.3 cm³/mol. The van der Waals surface area contributed by atoms with E-state index < -0.39 is 5.60 Å². The molecule has 2 heteroatoms. The second kappa shape index (κ2) is 4.48. The molecule has 1 atom stereocenters. The molecular formula is C15H14O2. The van der Waals surface area contributed by atoms with E-state index in [1.165, 1.54) is 0 Å². The molecule has 1 aromatic carbocycles. The van der Waals surface area contributed by atoms with Crippen LogP contribution in [-0.4, -0.2) is 5.11 Å². The molecule has 0 spiro atoms. The molecule has 17 heavy (non-hydrogen) atoms. The Kier molecular flexibility index (Phi) is 3.03. The highest BCUT2D eigenvalue weighted by Crippen LogP contribution is 2.25. The molecule has 0 radical (unpaired) electrons. The van der Waals surface area contributed by atoms with E-state index in [2.05, 4.69) is 5.92 Å². The van der Waals surface area contributed by atoms with Crippen LogP contribution in [0, 0.1) is 19.3 Å². The van der Waals surface area contributed by atoms with Gasteiger partial charge in [-0.1, -0.05) is 36.3 Å². The van der Waals surface area contributed by atoms with E-state index in [4.69, 9.17) is 10.8 Å². The maximum atomic E-state index is 10.5. The molecule has 0 fully saturated rings. The third-order valence-corrected chi connectivity index (χ3v) is 2.72. The Morgan fingerprint density at radius 3 is 2.47 bits per heavy atom. The number of hydrogen-bond donors (Lipinski definition) is 1. The standard InChI is InChI=1S/C15H14O2/c1-3-15(16,13-7-5-4-6-8-13)11-14-10-9-12(2)17-14/h1,4-10,16H,11H2,2H3. The number of benzene rings is 1. The van der Waals surface area contributed by atoms with Crippen molar-refractivity contribution in [1.82, 2.24) is 0 Å². The third-order valence-electron chi connectivity index (χ3n) is 2.72. The van der Waals surface area contributed by atoms with Gasteiger partial charge in [-0.05, 0) is 24.6 Å². The molecule has 0 bridgehead atoms. The van der Waals surface area contributed by atoms with Gasteiger partial charge in [-0.15, -0.1) is 6.42 Å². The van der Waals surface area contributed by atoms with Gasteiger partial charge < -0.3 is 9.52 Å². The molecule has 1 aromatic heterocycles. The van der Waals surface area contributed by atoms with Crippen LogP contribution in [0.15, 0.2) is 46.9 Å². The topological polar surface area (TPSA) is 33.4 Å². The zero-order valence-corrected chi connectivity index (χ0v) is 9.68. The van der Waals surface area contributed by atoms with Crippen LogP contribution in [0.5, 0.6) is 0 Å². The van der Waals surface area contributed by atoms with Crippen molar-refractivity contribution in [2.24, 2.45) is 0 Å². The van der Waals surface area contributed by atoms with Gasteiger partial charge in [0.25, 0.3) is 0 Å². The number of aliphatic hydroxyl groups is 1. The monoisotopic (exact) mass is 226 g/mol. The fraction of sp³-hybridized carbons (Fsp3) is 0.200. The third kappa shape index (κ3) is 2.41. The fourth-order valence-corrected chi connectivity index (χ4v) is 1.78. The van der Waals surface area contributed by atoms with Crippen LogP contribution in [0.25, 0.3) is 0 Å². The van der Waals surface area contributed by atoms with Gasteiger partial charge >= 0.3 is 0 Å². The van der Waals surface area contributed by atoms with Crippen molar-refractivity contribution in [3.63, 3.8) is 0 Å². The minimum atomic E-state index is -1.31. The lowest BCUT2D eigenvalue weighted by atomic mass is 9.90. The lowest BCUT2D eigenvalue weighted by molar-refractivity contribution is 0.0942. The van der Waals surface area contributed by atoms with Crippen molar-refractivity contribution in [2.45, 2.75) is 18.9 Å². The van der Waals surface area contributed by atoms with Crippen LogP contribution in [0.1, 0.15) is 17.1 Å². The second-order valence-corrected chi connectivity index (χ2v) is 4.06. The van der Waals surface area contributed by atoms with Crippen molar-refractivity contribution in [3.05, 3.63) is 59.5 Å². The van der Waals surface area contributed by atoms with Crippen LogP contribution >= 0.6 is 0 Å². The van der Waals surface area contributed by atoms with Crippen molar-refractivity contribution in [3.8, 4) is 12.3 Å². The molecule has 1 heterocycles. The number of aryl methyl sites for hydroxylation is 1. The molecule has 1 unspecified atom stereocenters. The Bertz CT molecular complexity index is 534. The Morgan fingerprint density at radius 1 is 1.24 bits per heavy atom. The van der Waals surface area contributed by atoms with Gasteiger partial charge in [-0.2, -0.15) is 0 Å². The molecule has 1 N–H and O–H groups in total. The minimum absolute atomic E-state index is 0.279. The summed E-state index contributed by atoms with van der Waals surface area (Å²) in [5.41, 5.74) is -0.609. The van der Waals surface area contributed by atoms with E-state index in [1.807, 2.05) is 49.4 Å². The highest BCUT2D eigenvalue weighted by molar-refractivity contribution is 5.32. The Morgan fingerprint density at radius 2 is 1.94 bits per heavy atom. The summed E-state index contributed by atoms with van der Waals surface area (Å²) in [7, 11) is 0. The van der Waals surface area contributed by atoms with Crippen LogP contribution in [0.3, 0.4) is 0 Å². The number of furan rings is 1. The van der Waals surface area contributed by atoms with Gasteiger partial charge in [-0.3, -0.25) is 0 Å². The summed E-state index contributed by atoms with van der Waals surface area (Å²) in [6.45, 7) is 1.86. The first-order chi connectivity index (χ1) is 8.14. The molecule has 0 amide bonds. The molecule has 0 aliphatic carbocycles. The van der Waals surface area contributed by atoms with Crippen molar-refractivity contribution in [1.29, 1.82) is 0 Å². The largest absolute Gasteiger partial charge is 0.466 e. The van der Waals surface area contributed by atoms with Gasteiger partial charge in [0.05, 0.1) is 6.42 Å². The molecule has 2 rings (SSSR count). The first kappa shape index (κ1) is 11.5. The van der Waals surface area contributed by atoms with E-state index in [9.17, 15) is 5.11 Å². The van der Waals surface area contributed by atoms with E-state index in [0.717, 1.165) is 5.76 Å². The molecule has 0 saturated heterocycles. The number of hydrogen-bond acceptors (Lipinski definition) is 2. The molecule has 0 aliphatic rings. The highest BCUT2D eigenvalue weighted by Gasteiger charge is 2.28. The van der Waals surface area contributed by atoms with Crippen LogP contribution in [-0.2, 0) is 12.0 Å². The Balaban J connectivity index is 2.30. The summed E-state index contributed by atoms with van der Waals surface area (Å²) >= 11 is 0. The van der Waals surface area contributed by atoms with E-state index in [-0.39, 0.29) is 6.42 Å². The van der Waals surface area contributed by atoms with Crippen LogP contribution in [0.4, 0.5) is 0 Å². The van der Waals surface area contributed by atoms with Crippen LogP contribution < -0.4 is 0 Å². The molecule has 86 valence electrons. The molecular weight excluding hydrogens is 212 g/mol. The zero-order chi connectivity index (χ0) is 12.3. The fourth-order valence-electron chi connectivity index (χ4n) is 1.78. The number of terminal acetylenes is 1. The van der Waals surface area contributed by atoms with Gasteiger partial charge in [0.2, 0.25) is 0 Å². The maximum Gasteiger partial charge on any atom is 0.157 e. The average Bonchev–Trinajstić information content (AvgIpc) is 2.75. The van der Waals surface area contributed by atoms with Crippen LogP contribution in [0.2, 0.25) is 0 Å². The van der Waals surface area contributed by atoms with Gasteiger partial charge in [0.1, 0.15) is 11.5 Å². The Hall–Kier alpha value is -1.98.